The van der Waals surface area contributed by atoms with Crippen LogP contribution in [0.2, 0.25) is 0 Å². The second-order valence-corrected chi connectivity index (χ2v) is 7.44. The summed E-state index contributed by atoms with van der Waals surface area (Å²) in [6, 6.07) is 17.1. The molecule has 1 aliphatic rings. The summed E-state index contributed by atoms with van der Waals surface area (Å²) in [4.78, 5) is 37.9. The summed E-state index contributed by atoms with van der Waals surface area (Å²) in [6.07, 6.45) is 4.72. The molecule has 0 aromatic heterocycles. The van der Waals surface area contributed by atoms with E-state index in [1.165, 1.54) is 6.92 Å². The standard InChI is InChI=1S/C24H27N3O3/c1-18(28)26-22-9-5-8-20(16-22)17-25-24(30)21-12-14-27(15-13-21)23(29)11-10-19-6-3-2-4-7-19/h2-11,16,21H,12-15,17H2,1H3,(H,25,30)(H,26,28)/b11-10+. The lowest BCUT2D eigenvalue weighted by Gasteiger charge is -2.30. The fraction of sp³-hybridized carbons (Fsp3) is 0.292. The molecule has 1 heterocycles. The molecule has 0 spiro atoms. The molecular weight excluding hydrogens is 378 g/mol. The van der Waals surface area contributed by atoms with Gasteiger partial charge in [-0.3, -0.25) is 14.4 Å². The number of hydrogen-bond acceptors (Lipinski definition) is 3. The van der Waals surface area contributed by atoms with E-state index in [4.69, 9.17) is 0 Å². The van der Waals surface area contributed by atoms with Crippen molar-refractivity contribution in [2.24, 2.45) is 5.92 Å². The van der Waals surface area contributed by atoms with Crippen LogP contribution in [0.15, 0.2) is 60.7 Å². The van der Waals surface area contributed by atoms with Gasteiger partial charge in [0.15, 0.2) is 0 Å². The van der Waals surface area contributed by atoms with E-state index in [-0.39, 0.29) is 23.6 Å². The molecule has 0 bridgehead atoms. The third kappa shape index (κ3) is 6.30. The van der Waals surface area contributed by atoms with Crippen molar-refractivity contribution in [3.05, 3.63) is 71.8 Å². The molecule has 3 amide bonds. The first-order valence-electron chi connectivity index (χ1n) is 10.2. The molecule has 1 saturated heterocycles. The number of hydrogen-bond donors (Lipinski definition) is 2. The van der Waals surface area contributed by atoms with E-state index in [2.05, 4.69) is 10.6 Å². The molecule has 1 aliphatic heterocycles. The van der Waals surface area contributed by atoms with Crippen molar-refractivity contribution in [2.45, 2.75) is 26.3 Å². The van der Waals surface area contributed by atoms with Gasteiger partial charge in [0, 0.05) is 44.2 Å². The Hall–Kier alpha value is -3.41. The second-order valence-electron chi connectivity index (χ2n) is 7.44. The molecule has 0 unspecified atom stereocenters. The fourth-order valence-electron chi connectivity index (χ4n) is 3.49. The Morgan fingerprint density at radius 1 is 1.03 bits per heavy atom. The van der Waals surface area contributed by atoms with Crippen LogP contribution in [0, 0.1) is 5.92 Å². The van der Waals surface area contributed by atoms with Crippen LogP contribution in [0.5, 0.6) is 0 Å². The van der Waals surface area contributed by atoms with Gasteiger partial charge in [0.2, 0.25) is 17.7 Å². The second kappa shape index (κ2) is 10.4. The SMILES string of the molecule is CC(=O)Nc1cccc(CNC(=O)C2CCN(C(=O)/C=C/c3ccccc3)CC2)c1. The number of nitrogens with zero attached hydrogens (tertiary/aromatic N) is 1. The van der Waals surface area contributed by atoms with E-state index in [0.29, 0.717) is 38.2 Å². The Bertz CT molecular complexity index is 916. The average molecular weight is 405 g/mol. The van der Waals surface area contributed by atoms with E-state index in [0.717, 1.165) is 11.1 Å². The van der Waals surface area contributed by atoms with E-state index in [9.17, 15) is 14.4 Å². The number of piperidine rings is 1. The van der Waals surface area contributed by atoms with Gasteiger partial charge in [0.25, 0.3) is 0 Å². The van der Waals surface area contributed by atoms with Crippen molar-refractivity contribution in [1.82, 2.24) is 10.2 Å². The maximum atomic E-state index is 12.5. The van der Waals surface area contributed by atoms with Crippen LogP contribution >= 0.6 is 0 Å². The highest BCUT2D eigenvalue weighted by Gasteiger charge is 2.26. The lowest BCUT2D eigenvalue weighted by Crippen LogP contribution is -2.42. The predicted molar refractivity (Wildman–Crippen MR) is 117 cm³/mol. The molecule has 1 fully saturated rings. The number of amides is 3. The molecule has 30 heavy (non-hydrogen) atoms. The maximum Gasteiger partial charge on any atom is 0.246 e. The molecule has 0 radical (unpaired) electrons. The van der Waals surface area contributed by atoms with Crippen molar-refractivity contribution in [2.75, 3.05) is 18.4 Å². The van der Waals surface area contributed by atoms with Gasteiger partial charge in [-0.2, -0.15) is 0 Å². The topological polar surface area (TPSA) is 78.5 Å². The number of carbonyl (C=O) groups excluding carboxylic acids is 3. The largest absolute Gasteiger partial charge is 0.352 e. The monoisotopic (exact) mass is 405 g/mol. The van der Waals surface area contributed by atoms with Gasteiger partial charge in [-0.1, -0.05) is 42.5 Å². The normalized spacial score (nSPS) is 14.5. The maximum absolute atomic E-state index is 12.5. The summed E-state index contributed by atoms with van der Waals surface area (Å²) >= 11 is 0. The molecule has 0 aliphatic carbocycles. The zero-order valence-corrected chi connectivity index (χ0v) is 17.1. The van der Waals surface area contributed by atoms with Gasteiger partial charge in [-0.25, -0.2) is 0 Å². The zero-order chi connectivity index (χ0) is 21.3. The van der Waals surface area contributed by atoms with Gasteiger partial charge in [-0.05, 0) is 42.2 Å². The molecule has 156 valence electrons. The Balaban J connectivity index is 1.44. The molecular formula is C24H27N3O3. The number of benzene rings is 2. The van der Waals surface area contributed by atoms with E-state index >= 15 is 0 Å². The lowest BCUT2D eigenvalue weighted by atomic mass is 9.95. The lowest BCUT2D eigenvalue weighted by molar-refractivity contribution is -0.132. The molecule has 0 saturated carbocycles. The van der Waals surface area contributed by atoms with Crippen LogP contribution in [-0.4, -0.2) is 35.7 Å². The van der Waals surface area contributed by atoms with Crippen molar-refractivity contribution < 1.29 is 14.4 Å². The number of anilines is 1. The number of carbonyl (C=O) groups is 3. The molecule has 6 nitrogen and oxygen atoms in total. The van der Waals surface area contributed by atoms with Gasteiger partial charge in [0.1, 0.15) is 0 Å². The van der Waals surface area contributed by atoms with Crippen molar-refractivity contribution in [3.8, 4) is 0 Å². The summed E-state index contributed by atoms with van der Waals surface area (Å²) in [5.74, 6) is -0.235. The summed E-state index contributed by atoms with van der Waals surface area (Å²) in [7, 11) is 0. The highest BCUT2D eigenvalue weighted by Crippen LogP contribution is 2.18. The Kier molecular flexibility index (Phi) is 7.38. The van der Waals surface area contributed by atoms with Crippen molar-refractivity contribution >= 4 is 29.5 Å². The molecule has 3 rings (SSSR count). The average Bonchev–Trinajstić information content (AvgIpc) is 2.76. The first-order chi connectivity index (χ1) is 14.5. The Morgan fingerprint density at radius 3 is 2.47 bits per heavy atom. The summed E-state index contributed by atoms with van der Waals surface area (Å²) < 4.78 is 0. The van der Waals surface area contributed by atoms with Gasteiger partial charge in [0.05, 0.1) is 0 Å². The summed E-state index contributed by atoms with van der Waals surface area (Å²) in [5, 5.41) is 5.71. The summed E-state index contributed by atoms with van der Waals surface area (Å²) in [6.45, 7) is 3.02. The van der Waals surface area contributed by atoms with Crippen LogP contribution in [0.1, 0.15) is 30.9 Å². The van der Waals surface area contributed by atoms with E-state index < -0.39 is 0 Å². The van der Waals surface area contributed by atoms with E-state index in [1.54, 1.807) is 11.0 Å². The minimum Gasteiger partial charge on any atom is -0.352 e. The van der Waals surface area contributed by atoms with Gasteiger partial charge < -0.3 is 15.5 Å². The van der Waals surface area contributed by atoms with Gasteiger partial charge in [-0.15, -0.1) is 0 Å². The number of rotatable bonds is 6. The Labute approximate surface area is 177 Å². The van der Waals surface area contributed by atoms with Crippen molar-refractivity contribution in [3.63, 3.8) is 0 Å². The third-order valence-corrected chi connectivity index (χ3v) is 5.11. The summed E-state index contributed by atoms with van der Waals surface area (Å²) in [5.41, 5.74) is 2.63. The predicted octanol–water partition coefficient (Wildman–Crippen LogP) is 3.21. The van der Waals surface area contributed by atoms with Crippen molar-refractivity contribution in [1.29, 1.82) is 0 Å². The minimum atomic E-state index is -0.129. The highest BCUT2D eigenvalue weighted by atomic mass is 16.2. The van der Waals surface area contributed by atoms with Crippen LogP contribution in [-0.2, 0) is 20.9 Å². The zero-order valence-electron chi connectivity index (χ0n) is 17.1. The number of likely N-dealkylation sites (tertiary alicyclic amines) is 1. The molecule has 2 N–H and O–H groups in total. The first kappa shape index (κ1) is 21.3. The van der Waals surface area contributed by atoms with Crippen LogP contribution in [0.25, 0.3) is 6.08 Å². The van der Waals surface area contributed by atoms with Crippen LogP contribution in [0.3, 0.4) is 0 Å². The molecule has 6 heteroatoms. The smallest absolute Gasteiger partial charge is 0.246 e. The van der Waals surface area contributed by atoms with E-state index in [1.807, 2.05) is 60.7 Å². The molecule has 0 atom stereocenters. The van der Waals surface area contributed by atoms with Crippen LogP contribution < -0.4 is 10.6 Å². The third-order valence-electron chi connectivity index (χ3n) is 5.11. The molecule has 2 aromatic carbocycles. The number of nitrogens with one attached hydrogen (secondary N) is 2. The quantitative estimate of drug-likeness (QED) is 0.725. The Morgan fingerprint density at radius 2 is 1.77 bits per heavy atom. The molecule has 2 aromatic rings. The van der Waals surface area contributed by atoms with Gasteiger partial charge >= 0.3 is 0 Å². The minimum absolute atomic E-state index is 0.00635. The van der Waals surface area contributed by atoms with Crippen LogP contribution in [0.4, 0.5) is 5.69 Å². The fourth-order valence-corrected chi connectivity index (χ4v) is 3.49. The first-order valence-corrected chi connectivity index (χ1v) is 10.2. The highest BCUT2D eigenvalue weighted by molar-refractivity contribution is 5.92.